The van der Waals surface area contributed by atoms with Gasteiger partial charge in [-0.2, -0.15) is 0 Å². The molecule has 0 aromatic heterocycles. The summed E-state index contributed by atoms with van der Waals surface area (Å²) in [6, 6.07) is 5.78. The summed E-state index contributed by atoms with van der Waals surface area (Å²) in [5.41, 5.74) is 2.80. The molecule has 2 aliphatic heterocycles. The van der Waals surface area contributed by atoms with E-state index in [9.17, 15) is 9.59 Å². The van der Waals surface area contributed by atoms with Crippen LogP contribution in [0.2, 0.25) is 0 Å². The Morgan fingerprint density at radius 1 is 1.43 bits per heavy atom. The van der Waals surface area contributed by atoms with E-state index in [0.29, 0.717) is 19.6 Å². The molecule has 112 valence electrons. The largest absolute Gasteiger partial charge is 0.368 e. The molecule has 3 rings (SSSR count). The number of ether oxygens (including phenoxy) is 1. The monoisotopic (exact) mass is 288 g/mol. The SMILES string of the molecule is CCC(=O)Nc1ccc2c(c1)N(C(=O)C1CCCO1)CC2. The van der Waals surface area contributed by atoms with Crippen molar-refractivity contribution in [3.63, 3.8) is 0 Å². The first kappa shape index (κ1) is 14.1. The predicted octanol–water partition coefficient (Wildman–Crippen LogP) is 2.10. The Morgan fingerprint density at radius 3 is 3.00 bits per heavy atom. The number of nitrogens with one attached hydrogen (secondary N) is 1. The Bertz CT molecular complexity index is 565. The Labute approximate surface area is 124 Å². The van der Waals surface area contributed by atoms with Crippen LogP contribution in [0.4, 0.5) is 11.4 Å². The lowest BCUT2D eigenvalue weighted by molar-refractivity contribution is -0.127. The summed E-state index contributed by atoms with van der Waals surface area (Å²) in [5, 5.41) is 2.84. The lowest BCUT2D eigenvalue weighted by Crippen LogP contribution is -2.37. The number of fused-ring (bicyclic) bond motifs is 1. The molecule has 2 amide bonds. The Morgan fingerprint density at radius 2 is 2.29 bits per heavy atom. The highest BCUT2D eigenvalue weighted by Crippen LogP contribution is 2.32. The van der Waals surface area contributed by atoms with Crippen LogP contribution in [0.25, 0.3) is 0 Å². The van der Waals surface area contributed by atoms with E-state index in [-0.39, 0.29) is 17.9 Å². The van der Waals surface area contributed by atoms with E-state index in [1.165, 1.54) is 0 Å². The summed E-state index contributed by atoms with van der Waals surface area (Å²) in [7, 11) is 0. The topological polar surface area (TPSA) is 58.6 Å². The smallest absolute Gasteiger partial charge is 0.256 e. The highest BCUT2D eigenvalue weighted by atomic mass is 16.5. The van der Waals surface area contributed by atoms with Crippen LogP contribution in [-0.2, 0) is 20.7 Å². The van der Waals surface area contributed by atoms with E-state index in [4.69, 9.17) is 4.74 Å². The van der Waals surface area contributed by atoms with Gasteiger partial charge in [0.15, 0.2) is 0 Å². The molecule has 5 nitrogen and oxygen atoms in total. The molecule has 0 bridgehead atoms. The molecular formula is C16H20N2O3. The first-order chi connectivity index (χ1) is 10.2. The minimum absolute atomic E-state index is 0.0232. The van der Waals surface area contributed by atoms with Gasteiger partial charge in [0.2, 0.25) is 5.91 Å². The first-order valence-corrected chi connectivity index (χ1v) is 7.55. The Hall–Kier alpha value is -1.88. The average Bonchev–Trinajstić information content (AvgIpc) is 3.15. The molecule has 21 heavy (non-hydrogen) atoms. The lowest BCUT2D eigenvalue weighted by Gasteiger charge is -2.21. The number of amides is 2. The van der Waals surface area contributed by atoms with Gasteiger partial charge in [0.1, 0.15) is 6.10 Å². The van der Waals surface area contributed by atoms with Gasteiger partial charge in [0.25, 0.3) is 5.91 Å². The van der Waals surface area contributed by atoms with Gasteiger partial charge in [0, 0.05) is 30.9 Å². The van der Waals surface area contributed by atoms with E-state index in [0.717, 1.165) is 36.2 Å². The molecule has 0 aliphatic carbocycles. The first-order valence-electron chi connectivity index (χ1n) is 7.55. The summed E-state index contributed by atoms with van der Waals surface area (Å²) in [5.74, 6) is 0.0233. The second kappa shape index (κ2) is 5.85. The van der Waals surface area contributed by atoms with Gasteiger partial charge in [-0.25, -0.2) is 0 Å². The van der Waals surface area contributed by atoms with Crippen molar-refractivity contribution >= 4 is 23.2 Å². The highest BCUT2D eigenvalue weighted by Gasteiger charge is 2.32. The number of nitrogens with zero attached hydrogens (tertiary/aromatic N) is 1. The van der Waals surface area contributed by atoms with Crippen LogP contribution in [0.5, 0.6) is 0 Å². The van der Waals surface area contributed by atoms with Crippen molar-refractivity contribution in [1.29, 1.82) is 0 Å². The van der Waals surface area contributed by atoms with E-state index in [1.54, 1.807) is 4.90 Å². The summed E-state index contributed by atoms with van der Waals surface area (Å²) >= 11 is 0. The normalized spacial score (nSPS) is 20.4. The summed E-state index contributed by atoms with van der Waals surface area (Å²) < 4.78 is 5.49. The van der Waals surface area contributed by atoms with Crippen LogP contribution < -0.4 is 10.2 Å². The molecule has 1 fully saturated rings. The van der Waals surface area contributed by atoms with Gasteiger partial charge in [0.05, 0.1) is 0 Å². The summed E-state index contributed by atoms with van der Waals surface area (Å²) in [6.45, 7) is 3.18. The maximum Gasteiger partial charge on any atom is 0.256 e. The van der Waals surface area contributed by atoms with Crippen molar-refractivity contribution in [2.75, 3.05) is 23.4 Å². The van der Waals surface area contributed by atoms with Crippen molar-refractivity contribution < 1.29 is 14.3 Å². The molecule has 1 unspecified atom stereocenters. The summed E-state index contributed by atoms with van der Waals surface area (Å²) in [6.07, 6.45) is 2.75. The molecular weight excluding hydrogens is 268 g/mol. The van der Waals surface area contributed by atoms with Crippen molar-refractivity contribution in [2.45, 2.75) is 38.7 Å². The summed E-state index contributed by atoms with van der Waals surface area (Å²) in [4.78, 5) is 25.8. The number of hydrogen-bond acceptors (Lipinski definition) is 3. The number of carbonyl (C=O) groups is 2. The second-order valence-corrected chi connectivity index (χ2v) is 5.49. The van der Waals surface area contributed by atoms with E-state index < -0.39 is 0 Å². The fourth-order valence-electron chi connectivity index (χ4n) is 2.88. The molecule has 1 saturated heterocycles. The Balaban J connectivity index is 1.81. The van der Waals surface area contributed by atoms with Gasteiger partial charge in [-0.05, 0) is 37.0 Å². The molecule has 0 radical (unpaired) electrons. The minimum Gasteiger partial charge on any atom is -0.368 e. The zero-order chi connectivity index (χ0) is 14.8. The number of hydrogen-bond donors (Lipinski definition) is 1. The Kier molecular flexibility index (Phi) is 3.92. The molecule has 1 aromatic carbocycles. The average molecular weight is 288 g/mol. The van der Waals surface area contributed by atoms with Crippen molar-refractivity contribution in [2.24, 2.45) is 0 Å². The number of benzene rings is 1. The van der Waals surface area contributed by atoms with Gasteiger partial charge in [-0.1, -0.05) is 13.0 Å². The second-order valence-electron chi connectivity index (χ2n) is 5.49. The van der Waals surface area contributed by atoms with Gasteiger partial charge < -0.3 is 15.0 Å². The molecule has 1 aromatic rings. The molecule has 0 spiro atoms. The van der Waals surface area contributed by atoms with Crippen LogP contribution in [0.3, 0.4) is 0 Å². The fourth-order valence-corrected chi connectivity index (χ4v) is 2.88. The third kappa shape index (κ3) is 2.78. The molecule has 2 aliphatic rings. The molecule has 1 atom stereocenters. The highest BCUT2D eigenvalue weighted by molar-refractivity contribution is 6.00. The zero-order valence-electron chi connectivity index (χ0n) is 12.2. The zero-order valence-corrected chi connectivity index (χ0v) is 12.2. The van der Waals surface area contributed by atoms with E-state index >= 15 is 0 Å². The van der Waals surface area contributed by atoms with Crippen LogP contribution >= 0.6 is 0 Å². The standard InChI is InChI=1S/C16H20N2O3/c1-2-15(19)17-12-6-5-11-7-8-18(13(11)10-12)16(20)14-4-3-9-21-14/h5-6,10,14H,2-4,7-9H2,1H3,(H,17,19). The molecule has 2 heterocycles. The maximum absolute atomic E-state index is 12.5. The quantitative estimate of drug-likeness (QED) is 0.926. The lowest BCUT2D eigenvalue weighted by atomic mass is 10.1. The van der Waals surface area contributed by atoms with Gasteiger partial charge >= 0.3 is 0 Å². The minimum atomic E-state index is -0.301. The molecule has 0 saturated carbocycles. The van der Waals surface area contributed by atoms with Crippen LogP contribution in [0.1, 0.15) is 31.7 Å². The van der Waals surface area contributed by atoms with Crippen LogP contribution in [-0.4, -0.2) is 31.1 Å². The number of anilines is 2. The fraction of sp³-hybridized carbons (Fsp3) is 0.500. The molecule has 1 N–H and O–H groups in total. The number of carbonyl (C=O) groups excluding carboxylic acids is 2. The third-order valence-corrected chi connectivity index (χ3v) is 4.06. The van der Waals surface area contributed by atoms with Crippen molar-refractivity contribution in [3.05, 3.63) is 23.8 Å². The van der Waals surface area contributed by atoms with E-state index in [1.807, 2.05) is 25.1 Å². The predicted molar refractivity (Wildman–Crippen MR) is 80.4 cm³/mol. The van der Waals surface area contributed by atoms with Gasteiger partial charge in [-0.15, -0.1) is 0 Å². The van der Waals surface area contributed by atoms with Crippen LogP contribution in [0.15, 0.2) is 18.2 Å². The third-order valence-electron chi connectivity index (χ3n) is 4.06. The van der Waals surface area contributed by atoms with Gasteiger partial charge in [-0.3, -0.25) is 9.59 Å². The van der Waals surface area contributed by atoms with Crippen molar-refractivity contribution in [1.82, 2.24) is 0 Å². The van der Waals surface area contributed by atoms with Crippen LogP contribution in [0, 0.1) is 0 Å². The van der Waals surface area contributed by atoms with Crippen molar-refractivity contribution in [3.8, 4) is 0 Å². The molecule has 5 heteroatoms. The maximum atomic E-state index is 12.5. The number of rotatable bonds is 3. The van der Waals surface area contributed by atoms with E-state index in [2.05, 4.69) is 5.32 Å².